The smallest absolute Gasteiger partial charge is 0.215 e. The van der Waals surface area contributed by atoms with Gasteiger partial charge in [0, 0.05) is 6.07 Å². The second-order valence-corrected chi connectivity index (χ2v) is 2.19. The molecule has 0 aliphatic rings. The molecule has 0 amide bonds. The summed E-state index contributed by atoms with van der Waals surface area (Å²) in [6, 6.07) is 6.97. The maximum Gasteiger partial charge on any atom is 0.215 e. The minimum absolute atomic E-state index is 0.304. The molecule has 0 fully saturated rings. The molecule has 1 aromatic rings. The van der Waals surface area contributed by atoms with Gasteiger partial charge >= 0.3 is 0 Å². The number of ether oxygens (including phenoxy) is 1. The predicted molar refractivity (Wildman–Crippen MR) is 47.9 cm³/mol. The number of hydrogen-bond donors (Lipinski definition) is 0. The van der Waals surface area contributed by atoms with Crippen LogP contribution in [-0.4, -0.2) is 11.6 Å². The monoisotopic (exact) mass is 172 g/mol. The fourth-order valence-corrected chi connectivity index (χ4v) is 0.740. The van der Waals surface area contributed by atoms with Crippen molar-refractivity contribution in [1.82, 2.24) is 4.98 Å². The molecule has 0 aromatic carbocycles. The number of nitrogens with zero attached hydrogens (tertiary/aromatic N) is 2. The molecular formula is C10H8N2O. The van der Waals surface area contributed by atoms with Gasteiger partial charge in [0.25, 0.3) is 0 Å². The summed E-state index contributed by atoms with van der Waals surface area (Å²) < 4.78 is 5.15. The summed E-state index contributed by atoms with van der Waals surface area (Å²) in [6.07, 6.45) is 0. The lowest BCUT2D eigenvalue weighted by molar-refractivity contribution is 0.355. The van der Waals surface area contributed by atoms with E-state index in [4.69, 9.17) is 10.00 Å². The highest BCUT2D eigenvalue weighted by Gasteiger charge is 1.95. The van der Waals surface area contributed by atoms with Gasteiger partial charge in [0.1, 0.15) is 11.8 Å². The lowest BCUT2D eigenvalue weighted by Gasteiger charge is -1.99. The molecule has 0 saturated heterocycles. The average molecular weight is 172 g/mol. The number of nitriles is 1. The first-order valence-corrected chi connectivity index (χ1v) is 3.76. The van der Waals surface area contributed by atoms with Crippen LogP contribution in [0.1, 0.15) is 12.6 Å². The van der Waals surface area contributed by atoms with Crippen LogP contribution in [-0.2, 0) is 0 Å². The first-order chi connectivity index (χ1) is 6.36. The van der Waals surface area contributed by atoms with Gasteiger partial charge in [-0.2, -0.15) is 5.26 Å². The van der Waals surface area contributed by atoms with Crippen molar-refractivity contribution in [2.24, 2.45) is 0 Å². The Morgan fingerprint density at radius 1 is 1.54 bits per heavy atom. The fourth-order valence-electron chi connectivity index (χ4n) is 0.740. The zero-order valence-corrected chi connectivity index (χ0v) is 7.24. The molecule has 0 unspecified atom stereocenters. The molecule has 1 rings (SSSR count). The molecule has 1 heterocycles. The molecule has 0 spiro atoms. The molecule has 0 aliphatic heterocycles. The summed E-state index contributed by atoms with van der Waals surface area (Å²) in [5.41, 5.74) is 0.349. The Kier molecular flexibility index (Phi) is 3.35. The topological polar surface area (TPSA) is 45.9 Å². The maximum atomic E-state index is 8.54. The summed E-state index contributed by atoms with van der Waals surface area (Å²) in [4.78, 5) is 3.91. The van der Waals surface area contributed by atoms with Gasteiger partial charge in [-0.25, -0.2) is 4.98 Å². The second kappa shape index (κ2) is 4.79. The van der Waals surface area contributed by atoms with Crippen LogP contribution in [0.2, 0.25) is 0 Å². The van der Waals surface area contributed by atoms with Crippen LogP contribution in [0.4, 0.5) is 0 Å². The Balaban J connectivity index is 2.66. The number of hydrogen-bond acceptors (Lipinski definition) is 3. The number of pyridine rings is 1. The third-order valence-electron chi connectivity index (χ3n) is 1.31. The van der Waals surface area contributed by atoms with Crippen molar-refractivity contribution in [3.8, 4) is 23.8 Å². The van der Waals surface area contributed by atoms with E-state index in [0.29, 0.717) is 18.2 Å². The standard InChI is InChI=1S/C10H8N2O/c1-2-3-7-13-10-6-4-5-9(8-11)12-10/h4-6H,7H2,1H3. The lowest BCUT2D eigenvalue weighted by atomic mass is 10.4. The zero-order chi connectivity index (χ0) is 9.52. The number of aromatic nitrogens is 1. The van der Waals surface area contributed by atoms with Crippen molar-refractivity contribution in [3.05, 3.63) is 23.9 Å². The molecule has 1 aromatic heterocycles. The van der Waals surface area contributed by atoms with Crippen LogP contribution in [0.3, 0.4) is 0 Å². The highest BCUT2D eigenvalue weighted by molar-refractivity contribution is 5.24. The first-order valence-electron chi connectivity index (χ1n) is 3.76. The molecular weight excluding hydrogens is 164 g/mol. The largest absolute Gasteiger partial charge is 0.464 e. The maximum absolute atomic E-state index is 8.54. The third kappa shape index (κ3) is 2.84. The van der Waals surface area contributed by atoms with Crippen LogP contribution in [0.15, 0.2) is 18.2 Å². The van der Waals surface area contributed by atoms with Crippen LogP contribution in [0.5, 0.6) is 5.88 Å². The summed E-state index contributed by atoms with van der Waals surface area (Å²) in [7, 11) is 0. The molecule has 3 nitrogen and oxygen atoms in total. The SMILES string of the molecule is CC#CCOc1cccc(C#N)n1. The van der Waals surface area contributed by atoms with E-state index in [1.807, 2.05) is 6.07 Å². The van der Waals surface area contributed by atoms with Crippen molar-refractivity contribution < 1.29 is 4.74 Å². The molecule has 64 valence electrons. The molecule has 0 bridgehead atoms. The van der Waals surface area contributed by atoms with Crippen LogP contribution in [0, 0.1) is 23.2 Å². The molecule has 0 radical (unpaired) electrons. The minimum Gasteiger partial charge on any atom is -0.464 e. The summed E-state index contributed by atoms with van der Waals surface area (Å²) in [6.45, 7) is 2.04. The van der Waals surface area contributed by atoms with E-state index in [1.54, 1.807) is 25.1 Å². The van der Waals surface area contributed by atoms with Gasteiger partial charge in [0.05, 0.1) is 0 Å². The predicted octanol–water partition coefficient (Wildman–Crippen LogP) is 1.36. The normalized spacial score (nSPS) is 8.00. The van der Waals surface area contributed by atoms with E-state index in [2.05, 4.69) is 16.8 Å². The van der Waals surface area contributed by atoms with Gasteiger partial charge in [0.15, 0.2) is 6.61 Å². The van der Waals surface area contributed by atoms with Gasteiger partial charge in [-0.05, 0) is 13.0 Å². The zero-order valence-electron chi connectivity index (χ0n) is 7.24. The fraction of sp³-hybridized carbons (Fsp3) is 0.200. The third-order valence-corrected chi connectivity index (χ3v) is 1.31. The van der Waals surface area contributed by atoms with Gasteiger partial charge in [-0.15, -0.1) is 5.92 Å². The van der Waals surface area contributed by atoms with Gasteiger partial charge < -0.3 is 4.74 Å². The Morgan fingerprint density at radius 2 is 2.38 bits per heavy atom. The van der Waals surface area contributed by atoms with E-state index in [-0.39, 0.29) is 0 Å². The Hall–Kier alpha value is -2.00. The molecule has 13 heavy (non-hydrogen) atoms. The number of rotatable bonds is 2. The quantitative estimate of drug-likeness (QED) is 0.632. The van der Waals surface area contributed by atoms with E-state index >= 15 is 0 Å². The second-order valence-electron chi connectivity index (χ2n) is 2.19. The highest BCUT2D eigenvalue weighted by Crippen LogP contribution is 2.05. The first kappa shape index (κ1) is 9.09. The van der Waals surface area contributed by atoms with Crippen molar-refractivity contribution in [2.45, 2.75) is 6.92 Å². The van der Waals surface area contributed by atoms with Crippen molar-refractivity contribution in [3.63, 3.8) is 0 Å². The van der Waals surface area contributed by atoms with Gasteiger partial charge in [-0.1, -0.05) is 12.0 Å². The van der Waals surface area contributed by atoms with Gasteiger partial charge in [-0.3, -0.25) is 0 Å². The van der Waals surface area contributed by atoms with E-state index in [0.717, 1.165) is 0 Å². The molecule has 0 N–H and O–H groups in total. The van der Waals surface area contributed by atoms with E-state index in [1.165, 1.54) is 0 Å². The minimum atomic E-state index is 0.304. The lowest BCUT2D eigenvalue weighted by Crippen LogP contribution is -1.96. The van der Waals surface area contributed by atoms with Crippen LogP contribution >= 0.6 is 0 Å². The summed E-state index contributed by atoms with van der Waals surface area (Å²) >= 11 is 0. The Labute approximate surface area is 77.0 Å². The Morgan fingerprint density at radius 3 is 3.08 bits per heavy atom. The molecule has 3 heteroatoms. The molecule has 0 saturated carbocycles. The van der Waals surface area contributed by atoms with Gasteiger partial charge in [0.2, 0.25) is 5.88 Å². The van der Waals surface area contributed by atoms with Crippen LogP contribution < -0.4 is 4.74 Å². The molecule has 0 aliphatic carbocycles. The summed E-state index contributed by atoms with van der Waals surface area (Å²) in [5, 5.41) is 8.54. The van der Waals surface area contributed by atoms with Crippen LogP contribution in [0.25, 0.3) is 0 Å². The highest BCUT2D eigenvalue weighted by atomic mass is 16.5. The Bertz CT molecular complexity index is 382. The summed E-state index contributed by atoms with van der Waals surface area (Å²) in [5.74, 6) is 5.87. The van der Waals surface area contributed by atoms with Crippen molar-refractivity contribution >= 4 is 0 Å². The van der Waals surface area contributed by atoms with Crippen molar-refractivity contribution in [1.29, 1.82) is 5.26 Å². The van der Waals surface area contributed by atoms with E-state index < -0.39 is 0 Å². The molecule has 0 atom stereocenters. The van der Waals surface area contributed by atoms with Crippen molar-refractivity contribution in [2.75, 3.05) is 6.61 Å². The average Bonchev–Trinajstić information content (AvgIpc) is 2.19. The van der Waals surface area contributed by atoms with E-state index in [9.17, 15) is 0 Å².